The summed E-state index contributed by atoms with van der Waals surface area (Å²) >= 11 is 1.66. The summed E-state index contributed by atoms with van der Waals surface area (Å²) in [5, 5.41) is 9.34. The van der Waals surface area contributed by atoms with Crippen LogP contribution in [0.3, 0.4) is 0 Å². The molecule has 1 aromatic rings. The Morgan fingerprint density at radius 2 is 2.20 bits per heavy atom. The molecule has 0 bridgehead atoms. The van der Waals surface area contributed by atoms with Crippen LogP contribution in [0.1, 0.15) is 28.2 Å². The molecule has 3 N–H and O–H groups in total. The number of rotatable bonds is 2. The van der Waals surface area contributed by atoms with Crippen molar-refractivity contribution in [2.24, 2.45) is 5.73 Å². The Balaban J connectivity index is 2.43. The third-order valence-corrected chi connectivity index (χ3v) is 4.15. The molecule has 2 rings (SSSR count). The zero-order valence-corrected chi connectivity index (χ0v) is 9.73. The van der Waals surface area contributed by atoms with Gasteiger partial charge in [0.2, 0.25) is 0 Å². The topological polar surface area (TPSA) is 63.3 Å². The van der Waals surface area contributed by atoms with Crippen LogP contribution in [0.5, 0.6) is 0 Å². The minimum absolute atomic E-state index is 0.0423. The average molecular weight is 225 g/mol. The van der Waals surface area contributed by atoms with Gasteiger partial charge in [-0.05, 0) is 38.3 Å². The maximum atomic E-state index is 11.4. The maximum absolute atomic E-state index is 11.4. The molecule has 0 aliphatic heterocycles. The molecule has 4 heteroatoms. The highest BCUT2D eigenvalue weighted by Gasteiger charge is 2.51. The summed E-state index contributed by atoms with van der Waals surface area (Å²) in [6, 6.07) is 2.04. The van der Waals surface area contributed by atoms with E-state index in [0.717, 1.165) is 10.4 Å². The van der Waals surface area contributed by atoms with E-state index in [4.69, 9.17) is 5.73 Å². The van der Waals surface area contributed by atoms with E-state index in [1.165, 1.54) is 4.88 Å². The lowest BCUT2D eigenvalue weighted by molar-refractivity contribution is -0.148. The maximum Gasteiger partial charge on any atom is 0.314 e. The molecule has 0 amide bonds. The van der Waals surface area contributed by atoms with Crippen LogP contribution in [-0.2, 0) is 10.2 Å². The molecule has 1 aliphatic rings. The SMILES string of the molecule is Cc1cc(C2(C(=O)O)CC(N)C2)c(C)s1. The van der Waals surface area contributed by atoms with Gasteiger partial charge in [0.05, 0.1) is 5.41 Å². The first kappa shape index (κ1) is 10.6. The Morgan fingerprint density at radius 3 is 2.53 bits per heavy atom. The van der Waals surface area contributed by atoms with Crippen molar-refractivity contribution in [1.29, 1.82) is 0 Å². The lowest BCUT2D eigenvalue weighted by Crippen LogP contribution is -2.54. The highest BCUT2D eigenvalue weighted by molar-refractivity contribution is 7.12. The van der Waals surface area contributed by atoms with Crippen molar-refractivity contribution < 1.29 is 9.90 Å². The van der Waals surface area contributed by atoms with Crippen LogP contribution in [-0.4, -0.2) is 17.1 Å². The van der Waals surface area contributed by atoms with Gasteiger partial charge in [-0.2, -0.15) is 0 Å². The van der Waals surface area contributed by atoms with Crippen LogP contribution in [0.2, 0.25) is 0 Å². The molecule has 0 unspecified atom stereocenters. The fourth-order valence-corrected chi connectivity index (χ4v) is 3.48. The van der Waals surface area contributed by atoms with Gasteiger partial charge >= 0.3 is 5.97 Å². The minimum Gasteiger partial charge on any atom is -0.481 e. The van der Waals surface area contributed by atoms with Gasteiger partial charge < -0.3 is 10.8 Å². The van der Waals surface area contributed by atoms with Crippen LogP contribution in [0.25, 0.3) is 0 Å². The molecule has 1 fully saturated rings. The molecular formula is C11H15NO2S. The van der Waals surface area contributed by atoms with Gasteiger partial charge in [-0.25, -0.2) is 0 Å². The van der Waals surface area contributed by atoms with E-state index < -0.39 is 11.4 Å². The molecule has 0 saturated heterocycles. The summed E-state index contributed by atoms with van der Waals surface area (Å²) in [6.45, 7) is 4.00. The first-order valence-corrected chi connectivity index (χ1v) is 5.84. The van der Waals surface area contributed by atoms with Gasteiger partial charge in [-0.15, -0.1) is 11.3 Å². The molecule has 1 aromatic heterocycles. The first-order valence-electron chi connectivity index (χ1n) is 5.02. The fraction of sp³-hybridized carbons (Fsp3) is 0.545. The zero-order chi connectivity index (χ0) is 11.2. The van der Waals surface area contributed by atoms with E-state index in [1.54, 1.807) is 11.3 Å². The van der Waals surface area contributed by atoms with E-state index in [1.807, 2.05) is 19.9 Å². The number of carboxylic acids is 1. The predicted molar refractivity (Wildman–Crippen MR) is 60.3 cm³/mol. The van der Waals surface area contributed by atoms with Gasteiger partial charge in [-0.1, -0.05) is 0 Å². The molecule has 1 aliphatic carbocycles. The number of aliphatic carboxylic acids is 1. The third-order valence-electron chi connectivity index (χ3n) is 3.19. The Kier molecular flexibility index (Phi) is 2.35. The first-order chi connectivity index (χ1) is 6.95. The molecule has 0 radical (unpaired) electrons. The second-order valence-electron chi connectivity index (χ2n) is 4.38. The van der Waals surface area contributed by atoms with Crippen molar-refractivity contribution >= 4 is 17.3 Å². The lowest BCUT2D eigenvalue weighted by atomic mass is 9.62. The highest BCUT2D eigenvalue weighted by Crippen LogP contribution is 2.46. The Labute approximate surface area is 92.9 Å². The molecule has 82 valence electrons. The average Bonchev–Trinajstić information content (AvgIpc) is 2.39. The second kappa shape index (κ2) is 3.32. The van der Waals surface area contributed by atoms with Gasteiger partial charge in [-0.3, -0.25) is 4.79 Å². The van der Waals surface area contributed by atoms with Crippen LogP contribution >= 0.6 is 11.3 Å². The van der Waals surface area contributed by atoms with Crippen LogP contribution in [0, 0.1) is 13.8 Å². The van der Waals surface area contributed by atoms with Crippen LogP contribution in [0.4, 0.5) is 0 Å². The number of aryl methyl sites for hydroxylation is 2. The van der Waals surface area contributed by atoms with Crippen molar-refractivity contribution in [2.45, 2.75) is 38.1 Å². The van der Waals surface area contributed by atoms with E-state index in [-0.39, 0.29) is 6.04 Å². The van der Waals surface area contributed by atoms with Gasteiger partial charge in [0.1, 0.15) is 0 Å². The summed E-state index contributed by atoms with van der Waals surface area (Å²) in [5.41, 5.74) is 6.00. The largest absolute Gasteiger partial charge is 0.481 e. The number of nitrogens with two attached hydrogens (primary N) is 1. The number of hydrogen-bond donors (Lipinski definition) is 2. The number of thiophene rings is 1. The molecule has 1 saturated carbocycles. The van der Waals surface area contributed by atoms with Crippen molar-refractivity contribution in [1.82, 2.24) is 0 Å². The number of hydrogen-bond acceptors (Lipinski definition) is 3. The zero-order valence-electron chi connectivity index (χ0n) is 8.91. The van der Waals surface area contributed by atoms with Crippen LogP contribution < -0.4 is 5.73 Å². The molecule has 0 spiro atoms. The molecule has 0 atom stereocenters. The van der Waals surface area contributed by atoms with Crippen molar-refractivity contribution in [3.63, 3.8) is 0 Å². The predicted octanol–water partition coefficient (Wildman–Crippen LogP) is 1.81. The smallest absolute Gasteiger partial charge is 0.314 e. The van der Waals surface area contributed by atoms with Gasteiger partial charge in [0.15, 0.2) is 0 Å². The minimum atomic E-state index is -0.731. The third kappa shape index (κ3) is 1.48. The summed E-state index contributed by atoms with van der Waals surface area (Å²) < 4.78 is 0. The fourth-order valence-electron chi connectivity index (χ4n) is 2.45. The van der Waals surface area contributed by atoms with Crippen molar-refractivity contribution in [2.75, 3.05) is 0 Å². The molecule has 15 heavy (non-hydrogen) atoms. The Hall–Kier alpha value is -0.870. The van der Waals surface area contributed by atoms with Crippen LogP contribution in [0.15, 0.2) is 6.07 Å². The second-order valence-corrected chi connectivity index (χ2v) is 5.84. The quantitative estimate of drug-likeness (QED) is 0.806. The summed E-state index contributed by atoms with van der Waals surface area (Å²) in [6.07, 6.45) is 1.14. The summed E-state index contributed by atoms with van der Waals surface area (Å²) in [7, 11) is 0. The van der Waals surface area contributed by atoms with E-state index in [2.05, 4.69) is 0 Å². The van der Waals surface area contributed by atoms with E-state index in [0.29, 0.717) is 12.8 Å². The molecule has 0 aromatic carbocycles. The monoisotopic (exact) mass is 225 g/mol. The normalized spacial score (nSPS) is 29.9. The number of carbonyl (C=O) groups is 1. The molecule has 3 nitrogen and oxygen atoms in total. The van der Waals surface area contributed by atoms with Crippen molar-refractivity contribution in [3.05, 3.63) is 21.4 Å². The van der Waals surface area contributed by atoms with E-state index in [9.17, 15) is 9.90 Å². The lowest BCUT2D eigenvalue weighted by Gasteiger charge is -2.42. The highest BCUT2D eigenvalue weighted by atomic mass is 32.1. The Morgan fingerprint density at radius 1 is 1.60 bits per heavy atom. The standard InChI is InChI=1S/C11H15NO2S/c1-6-3-9(7(2)15-6)11(10(13)14)4-8(12)5-11/h3,8H,4-5,12H2,1-2H3,(H,13,14). The molecule has 1 heterocycles. The summed E-state index contributed by atoms with van der Waals surface area (Å²) in [5.74, 6) is -0.731. The van der Waals surface area contributed by atoms with E-state index >= 15 is 0 Å². The number of carboxylic acid groups (broad SMARTS) is 1. The van der Waals surface area contributed by atoms with Gasteiger partial charge in [0, 0.05) is 15.8 Å². The molecular weight excluding hydrogens is 210 g/mol. The van der Waals surface area contributed by atoms with Gasteiger partial charge in [0.25, 0.3) is 0 Å². The Bertz CT molecular complexity index is 405. The van der Waals surface area contributed by atoms with Crippen molar-refractivity contribution in [3.8, 4) is 0 Å². The summed E-state index contributed by atoms with van der Waals surface area (Å²) in [4.78, 5) is 13.6.